The van der Waals surface area contributed by atoms with E-state index in [-0.39, 0.29) is 6.61 Å². The first-order valence-corrected chi connectivity index (χ1v) is 7.71. The zero-order chi connectivity index (χ0) is 15.2. The molecule has 0 aliphatic carbocycles. The van der Waals surface area contributed by atoms with Crippen molar-refractivity contribution in [2.75, 3.05) is 35.1 Å². The Morgan fingerprint density at radius 3 is 2.35 bits per heavy atom. The predicted octanol–water partition coefficient (Wildman–Crippen LogP) is 0.331. The van der Waals surface area contributed by atoms with Crippen LogP contribution < -0.4 is 9.62 Å². The first kappa shape index (κ1) is 16.3. The van der Waals surface area contributed by atoms with E-state index in [0.29, 0.717) is 18.8 Å². The van der Waals surface area contributed by atoms with Crippen molar-refractivity contribution in [2.45, 2.75) is 6.92 Å². The van der Waals surface area contributed by atoms with Crippen LogP contribution in [0.5, 0.6) is 0 Å². The largest absolute Gasteiger partial charge is 0.480 e. The van der Waals surface area contributed by atoms with E-state index in [9.17, 15) is 13.2 Å². The third kappa shape index (κ3) is 5.06. The smallest absolute Gasteiger partial charge is 0.320 e. The second-order valence-electron chi connectivity index (χ2n) is 4.11. The number of rotatable bonds is 8. The number of benzene rings is 1. The van der Waals surface area contributed by atoms with E-state index in [1.54, 1.807) is 24.3 Å². The molecule has 0 saturated carbocycles. The Hall–Kier alpha value is -1.80. The highest BCUT2D eigenvalue weighted by Gasteiger charge is 2.15. The lowest BCUT2D eigenvalue weighted by atomic mass is 10.2. The maximum absolute atomic E-state index is 11.5. The van der Waals surface area contributed by atoms with Crippen molar-refractivity contribution in [1.29, 1.82) is 0 Å². The molecule has 0 spiro atoms. The number of anilines is 2. The predicted molar refractivity (Wildman–Crippen MR) is 76.5 cm³/mol. The van der Waals surface area contributed by atoms with Crippen molar-refractivity contribution < 1.29 is 23.4 Å². The minimum Gasteiger partial charge on any atom is -0.480 e. The highest BCUT2D eigenvalue weighted by atomic mass is 32.2. The summed E-state index contributed by atoms with van der Waals surface area (Å²) in [6.07, 6.45) is 0. The van der Waals surface area contributed by atoms with E-state index < -0.39 is 21.7 Å². The zero-order valence-electron chi connectivity index (χ0n) is 11.1. The fourth-order valence-corrected chi connectivity index (χ4v) is 2.60. The molecule has 1 aromatic carbocycles. The number of carboxylic acid groups (broad SMARTS) is 1. The molecular weight excluding hydrogens is 284 g/mol. The van der Waals surface area contributed by atoms with Gasteiger partial charge in [0.2, 0.25) is 10.0 Å². The number of aliphatic hydroxyl groups excluding tert-OH is 1. The number of carboxylic acids is 1. The normalized spacial score (nSPS) is 11.1. The summed E-state index contributed by atoms with van der Waals surface area (Å²) in [5.74, 6) is -2.38. The van der Waals surface area contributed by atoms with Gasteiger partial charge in [-0.3, -0.25) is 9.52 Å². The lowest BCUT2D eigenvalue weighted by Gasteiger charge is -2.22. The van der Waals surface area contributed by atoms with Gasteiger partial charge in [0.25, 0.3) is 0 Å². The third-order valence-corrected chi connectivity index (χ3v) is 3.74. The minimum atomic E-state index is -3.89. The molecule has 0 fully saturated rings. The number of hydrogen-bond acceptors (Lipinski definition) is 5. The summed E-state index contributed by atoms with van der Waals surface area (Å²) < 4.78 is 25.1. The highest BCUT2D eigenvalue weighted by molar-refractivity contribution is 7.93. The van der Waals surface area contributed by atoms with Gasteiger partial charge in [-0.15, -0.1) is 0 Å². The van der Waals surface area contributed by atoms with Gasteiger partial charge in [-0.25, -0.2) is 8.42 Å². The molecule has 0 atom stereocenters. The average Bonchev–Trinajstić information content (AvgIpc) is 2.35. The molecule has 1 aromatic rings. The molecule has 20 heavy (non-hydrogen) atoms. The summed E-state index contributed by atoms with van der Waals surface area (Å²) in [5, 5.41) is 17.4. The number of likely N-dealkylation sites (N-methyl/N-ethyl adjacent to an activating group) is 1. The van der Waals surface area contributed by atoms with Gasteiger partial charge in [-0.05, 0) is 31.2 Å². The average molecular weight is 302 g/mol. The second kappa shape index (κ2) is 7.11. The van der Waals surface area contributed by atoms with Crippen molar-refractivity contribution in [2.24, 2.45) is 0 Å². The molecule has 0 saturated heterocycles. The molecule has 0 heterocycles. The summed E-state index contributed by atoms with van der Waals surface area (Å²) in [4.78, 5) is 12.3. The highest BCUT2D eigenvalue weighted by Crippen LogP contribution is 2.18. The van der Waals surface area contributed by atoms with E-state index in [1.807, 2.05) is 11.8 Å². The van der Waals surface area contributed by atoms with Crippen LogP contribution in [0.2, 0.25) is 0 Å². The first-order valence-electron chi connectivity index (χ1n) is 6.06. The van der Waals surface area contributed by atoms with Crippen molar-refractivity contribution in [3.63, 3.8) is 0 Å². The molecule has 0 aliphatic heterocycles. The molecule has 0 radical (unpaired) electrons. The van der Waals surface area contributed by atoms with Gasteiger partial charge >= 0.3 is 5.97 Å². The molecule has 0 aromatic heterocycles. The van der Waals surface area contributed by atoms with Crippen molar-refractivity contribution >= 4 is 27.4 Å². The van der Waals surface area contributed by atoms with Gasteiger partial charge in [0, 0.05) is 24.5 Å². The number of hydrogen-bond donors (Lipinski definition) is 3. The van der Waals surface area contributed by atoms with Gasteiger partial charge in [0.05, 0.1) is 6.61 Å². The Labute approximate surface area is 117 Å². The Morgan fingerprint density at radius 1 is 1.30 bits per heavy atom. The standard InChI is InChI=1S/C12H18N2O5S/c1-2-14(7-8-15)11-5-3-10(4-6-11)13-20(18,19)9-12(16)17/h3-6,13,15H,2,7-9H2,1H3,(H,16,17). The van der Waals surface area contributed by atoms with Crippen LogP contribution in [0.4, 0.5) is 11.4 Å². The number of aliphatic carboxylic acids is 1. The summed E-state index contributed by atoms with van der Waals surface area (Å²) in [6.45, 7) is 3.17. The number of nitrogens with zero attached hydrogens (tertiary/aromatic N) is 1. The maximum atomic E-state index is 11.5. The van der Waals surface area contributed by atoms with Crippen LogP contribution in [-0.2, 0) is 14.8 Å². The summed E-state index contributed by atoms with van der Waals surface area (Å²) >= 11 is 0. The van der Waals surface area contributed by atoms with Gasteiger partial charge < -0.3 is 15.1 Å². The van der Waals surface area contributed by atoms with E-state index >= 15 is 0 Å². The summed E-state index contributed by atoms with van der Waals surface area (Å²) in [6, 6.07) is 6.51. The van der Waals surface area contributed by atoms with E-state index in [2.05, 4.69) is 4.72 Å². The topological polar surface area (TPSA) is 107 Å². The molecule has 0 unspecified atom stereocenters. The number of aliphatic hydroxyl groups is 1. The van der Waals surface area contributed by atoms with Crippen LogP contribution in [0.15, 0.2) is 24.3 Å². The Balaban J connectivity index is 2.79. The number of sulfonamides is 1. The molecule has 112 valence electrons. The Morgan fingerprint density at radius 2 is 1.90 bits per heavy atom. The van der Waals surface area contributed by atoms with E-state index in [1.165, 1.54) is 0 Å². The van der Waals surface area contributed by atoms with Crippen LogP contribution in [0.25, 0.3) is 0 Å². The van der Waals surface area contributed by atoms with Crippen molar-refractivity contribution in [3.05, 3.63) is 24.3 Å². The van der Waals surface area contributed by atoms with Crippen LogP contribution in [0.1, 0.15) is 6.92 Å². The molecule has 3 N–H and O–H groups in total. The fraction of sp³-hybridized carbons (Fsp3) is 0.417. The molecule has 1 rings (SSSR count). The number of nitrogens with one attached hydrogen (secondary N) is 1. The molecule has 0 aliphatic rings. The molecule has 7 nitrogen and oxygen atoms in total. The molecule has 0 amide bonds. The van der Waals surface area contributed by atoms with Crippen LogP contribution in [0.3, 0.4) is 0 Å². The van der Waals surface area contributed by atoms with Gasteiger partial charge in [-0.1, -0.05) is 0 Å². The van der Waals surface area contributed by atoms with E-state index in [4.69, 9.17) is 10.2 Å². The van der Waals surface area contributed by atoms with Gasteiger partial charge in [0.1, 0.15) is 0 Å². The second-order valence-corrected chi connectivity index (χ2v) is 5.83. The minimum absolute atomic E-state index is 0.0286. The molecule has 0 bridgehead atoms. The first-order chi connectivity index (χ1) is 9.38. The Kier molecular flexibility index (Phi) is 5.78. The molecular formula is C12H18N2O5S. The van der Waals surface area contributed by atoms with Gasteiger partial charge in [0.15, 0.2) is 5.75 Å². The SMILES string of the molecule is CCN(CCO)c1ccc(NS(=O)(=O)CC(=O)O)cc1. The summed E-state index contributed by atoms with van der Waals surface area (Å²) in [7, 11) is -3.89. The monoisotopic (exact) mass is 302 g/mol. The number of carbonyl (C=O) groups is 1. The van der Waals surface area contributed by atoms with Crippen molar-refractivity contribution in [3.8, 4) is 0 Å². The van der Waals surface area contributed by atoms with Crippen LogP contribution in [-0.4, -0.2) is 50.0 Å². The van der Waals surface area contributed by atoms with Crippen LogP contribution >= 0.6 is 0 Å². The maximum Gasteiger partial charge on any atom is 0.320 e. The third-order valence-electron chi connectivity index (χ3n) is 2.57. The molecule has 8 heteroatoms. The van der Waals surface area contributed by atoms with Gasteiger partial charge in [-0.2, -0.15) is 0 Å². The van der Waals surface area contributed by atoms with Crippen LogP contribution in [0, 0.1) is 0 Å². The zero-order valence-corrected chi connectivity index (χ0v) is 11.9. The lowest BCUT2D eigenvalue weighted by Crippen LogP contribution is -2.26. The Bertz CT molecular complexity index is 541. The van der Waals surface area contributed by atoms with E-state index in [0.717, 1.165) is 5.69 Å². The lowest BCUT2D eigenvalue weighted by molar-refractivity contribution is -0.134. The fourth-order valence-electron chi connectivity index (χ4n) is 1.71. The summed E-state index contributed by atoms with van der Waals surface area (Å²) in [5.41, 5.74) is 1.15. The quantitative estimate of drug-likeness (QED) is 0.639. The van der Waals surface area contributed by atoms with Crippen molar-refractivity contribution in [1.82, 2.24) is 0 Å².